The minimum atomic E-state index is 0.252. The highest BCUT2D eigenvalue weighted by atomic mass is 16.5. The molecule has 0 amide bonds. The molecule has 15 heavy (non-hydrogen) atoms. The minimum Gasteiger partial charge on any atom is -0.378 e. The molecule has 0 saturated carbocycles. The second-order valence-electron chi connectivity index (χ2n) is 5.32. The fourth-order valence-electron chi connectivity index (χ4n) is 3.29. The Labute approximate surface area is 91.1 Å². The van der Waals surface area contributed by atoms with Crippen LogP contribution in [0.25, 0.3) is 0 Å². The smallest absolute Gasteiger partial charge is 0.0623 e. The molecule has 0 aromatic rings. The predicted molar refractivity (Wildman–Crippen MR) is 58.6 cm³/mol. The van der Waals surface area contributed by atoms with Crippen molar-refractivity contribution in [3.05, 3.63) is 0 Å². The maximum absolute atomic E-state index is 5.94. The molecule has 3 aliphatic heterocycles. The number of rotatable bonds is 1. The van der Waals surface area contributed by atoms with Crippen molar-refractivity contribution in [2.24, 2.45) is 17.6 Å². The molecule has 3 N–H and O–H groups in total. The molecule has 4 heteroatoms. The fraction of sp³-hybridized carbons (Fsp3) is 1.00. The van der Waals surface area contributed by atoms with Crippen LogP contribution in [0.5, 0.6) is 0 Å². The number of nitrogens with two attached hydrogens (primary N) is 1. The fourth-order valence-corrected chi connectivity index (χ4v) is 3.29. The average Bonchev–Trinajstić information content (AvgIpc) is 2.76. The number of ether oxygens (including phenoxy) is 1. The van der Waals surface area contributed by atoms with Gasteiger partial charge in [0, 0.05) is 25.2 Å². The summed E-state index contributed by atoms with van der Waals surface area (Å²) in [7, 11) is 0. The van der Waals surface area contributed by atoms with Gasteiger partial charge in [0.25, 0.3) is 0 Å². The van der Waals surface area contributed by atoms with Crippen LogP contribution in [-0.2, 0) is 4.74 Å². The largest absolute Gasteiger partial charge is 0.378 e. The summed E-state index contributed by atoms with van der Waals surface area (Å²) in [5, 5.41) is 3.47. The van der Waals surface area contributed by atoms with Crippen LogP contribution in [0.2, 0.25) is 0 Å². The highest BCUT2D eigenvalue weighted by Crippen LogP contribution is 2.29. The van der Waals surface area contributed by atoms with Gasteiger partial charge in [-0.2, -0.15) is 0 Å². The second-order valence-corrected chi connectivity index (χ2v) is 5.32. The Balaban J connectivity index is 1.59. The van der Waals surface area contributed by atoms with Gasteiger partial charge in [-0.25, -0.2) is 0 Å². The SMILES string of the molecule is N[C@@H]1COC[C@H](N2CC3CNCC3C2)C1. The Morgan fingerprint density at radius 1 is 1.13 bits per heavy atom. The van der Waals surface area contributed by atoms with Crippen molar-refractivity contribution >= 4 is 0 Å². The summed E-state index contributed by atoms with van der Waals surface area (Å²) in [5.74, 6) is 1.76. The van der Waals surface area contributed by atoms with Crippen molar-refractivity contribution in [3.63, 3.8) is 0 Å². The van der Waals surface area contributed by atoms with E-state index < -0.39 is 0 Å². The summed E-state index contributed by atoms with van der Waals surface area (Å²) in [5.41, 5.74) is 5.94. The summed E-state index contributed by atoms with van der Waals surface area (Å²) in [6, 6.07) is 0.835. The van der Waals surface area contributed by atoms with Crippen LogP contribution in [0, 0.1) is 11.8 Å². The number of nitrogens with one attached hydrogen (secondary N) is 1. The van der Waals surface area contributed by atoms with E-state index in [4.69, 9.17) is 10.5 Å². The van der Waals surface area contributed by atoms with Crippen molar-refractivity contribution in [3.8, 4) is 0 Å². The minimum absolute atomic E-state index is 0.252. The van der Waals surface area contributed by atoms with Crippen molar-refractivity contribution < 1.29 is 4.74 Å². The van der Waals surface area contributed by atoms with Crippen molar-refractivity contribution in [1.29, 1.82) is 0 Å². The third kappa shape index (κ3) is 1.91. The van der Waals surface area contributed by atoms with E-state index in [2.05, 4.69) is 10.2 Å². The zero-order chi connectivity index (χ0) is 10.3. The van der Waals surface area contributed by atoms with E-state index in [1.165, 1.54) is 26.2 Å². The van der Waals surface area contributed by atoms with E-state index in [1.807, 2.05) is 0 Å². The molecular formula is C11H21N3O. The Morgan fingerprint density at radius 3 is 2.53 bits per heavy atom. The quantitative estimate of drug-likeness (QED) is 0.599. The van der Waals surface area contributed by atoms with Crippen molar-refractivity contribution in [2.75, 3.05) is 39.4 Å². The van der Waals surface area contributed by atoms with Gasteiger partial charge >= 0.3 is 0 Å². The lowest BCUT2D eigenvalue weighted by molar-refractivity contribution is 0.0130. The zero-order valence-electron chi connectivity index (χ0n) is 9.19. The third-order valence-corrected chi connectivity index (χ3v) is 4.15. The lowest BCUT2D eigenvalue weighted by Gasteiger charge is -2.34. The van der Waals surface area contributed by atoms with Gasteiger partial charge in [-0.1, -0.05) is 0 Å². The highest BCUT2D eigenvalue weighted by molar-refractivity contribution is 4.94. The lowest BCUT2D eigenvalue weighted by atomic mass is 10.0. The maximum Gasteiger partial charge on any atom is 0.0623 e. The van der Waals surface area contributed by atoms with Gasteiger partial charge in [0.2, 0.25) is 0 Å². The predicted octanol–water partition coefficient (Wildman–Crippen LogP) is -0.746. The molecule has 0 aliphatic carbocycles. The van der Waals surface area contributed by atoms with E-state index >= 15 is 0 Å². The lowest BCUT2D eigenvalue weighted by Crippen LogP contribution is -2.47. The van der Waals surface area contributed by atoms with Crippen LogP contribution in [-0.4, -0.2) is 56.4 Å². The summed E-state index contributed by atoms with van der Waals surface area (Å²) in [4.78, 5) is 2.61. The average molecular weight is 211 g/mol. The van der Waals surface area contributed by atoms with Gasteiger partial charge < -0.3 is 15.8 Å². The molecule has 3 fully saturated rings. The number of nitrogens with zero attached hydrogens (tertiary/aromatic N) is 1. The van der Waals surface area contributed by atoms with Gasteiger partial charge in [-0.15, -0.1) is 0 Å². The molecule has 3 heterocycles. The topological polar surface area (TPSA) is 50.5 Å². The molecule has 3 rings (SSSR count). The van der Waals surface area contributed by atoms with Gasteiger partial charge in [0.05, 0.1) is 13.2 Å². The normalized spacial score (nSPS) is 47.0. The molecule has 4 atom stereocenters. The molecular weight excluding hydrogens is 190 g/mol. The third-order valence-electron chi connectivity index (χ3n) is 4.15. The van der Waals surface area contributed by atoms with Crippen molar-refractivity contribution in [1.82, 2.24) is 10.2 Å². The van der Waals surface area contributed by atoms with Gasteiger partial charge in [0.15, 0.2) is 0 Å². The molecule has 0 aromatic heterocycles. The first-order valence-electron chi connectivity index (χ1n) is 6.11. The van der Waals surface area contributed by atoms with E-state index in [0.29, 0.717) is 6.04 Å². The van der Waals surface area contributed by atoms with Crippen molar-refractivity contribution in [2.45, 2.75) is 18.5 Å². The molecule has 0 bridgehead atoms. The maximum atomic E-state index is 5.94. The molecule has 2 unspecified atom stereocenters. The standard InChI is InChI=1S/C11H21N3O/c12-10-1-11(7-15-6-10)14-4-8-2-13-3-9(8)5-14/h8-11,13H,1-7,12H2/t8?,9?,10-,11+/m0/s1. The zero-order valence-corrected chi connectivity index (χ0v) is 9.19. The van der Waals surface area contributed by atoms with Gasteiger partial charge in [-0.3, -0.25) is 4.90 Å². The van der Waals surface area contributed by atoms with E-state index in [9.17, 15) is 0 Å². The van der Waals surface area contributed by atoms with Crippen LogP contribution < -0.4 is 11.1 Å². The monoisotopic (exact) mass is 211 g/mol. The highest BCUT2D eigenvalue weighted by Gasteiger charge is 2.39. The van der Waals surface area contributed by atoms with E-state index in [0.717, 1.165) is 31.5 Å². The molecule has 3 saturated heterocycles. The Morgan fingerprint density at radius 2 is 1.87 bits per heavy atom. The van der Waals surface area contributed by atoms with Crippen LogP contribution in [0.15, 0.2) is 0 Å². The molecule has 0 radical (unpaired) electrons. The first-order valence-corrected chi connectivity index (χ1v) is 6.11. The van der Waals surface area contributed by atoms with E-state index in [-0.39, 0.29) is 6.04 Å². The number of fused-ring (bicyclic) bond motifs is 1. The summed E-state index contributed by atoms with van der Waals surface area (Å²) in [6.45, 7) is 6.55. The van der Waals surface area contributed by atoms with Crippen LogP contribution in [0.3, 0.4) is 0 Å². The number of hydrogen-bond acceptors (Lipinski definition) is 4. The Bertz CT molecular complexity index is 224. The van der Waals surface area contributed by atoms with Gasteiger partial charge in [-0.05, 0) is 31.3 Å². The molecule has 86 valence electrons. The van der Waals surface area contributed by atoms with Gasteiger partial charge in [0.1, 0.15) is 0 Å². The molecule has 4 nitrogen and oxygen atoms in total. The molecule has 0 spiro atoms. The first kappa shape index (κ1) is 10.0. The summed E-state index contributed by atoms with van der Waals surface area (Å²) < 4.78 is 5.55. The van der Waals surface area contributed by atoms with Crippen LogP contribution >= 0.6 is 0 Å². The number of likely N-dealkylation sites (tertiary alicyclic amines) is 1. The second kappa shape index (κ2) is 4.01. The Kier molecular flexibility index (Phi) is 2.68. The van der Waals surface area contributed by atoms with Crippen LogP contribution in [0.1, 0.15) is 6.42 Å². The summed E-state index contributed by atoms with van der Waals surface area (Å²) >= 11 is 0. The van der Waals surface area contributed by atoms with Crippen LogP contribution in [0.4, 0.5) is 0 Å². The first-order chi connectivity index (χ1) is 7.33. The van der Waals surface area contributed by atoms with E-state index in [1.54, 1.807) is 0 Å². The molecule has 0 aromatic carbocycles. The molecule has 3 aliphatic rings. The summed E-state index contributed by atoms with van der Waals surface area (Å²) in [6.07, 6.45) is 1.12. The number of hydrogen-bond donors (Lipinski definition) is 2. The Hall–Kier alpha value is -0.160.